The van der Waals surface area contributed by atoms with Crippen LogP contribution in [-0.4, -0.2) is 67.6 Å². The van der Waals surface area contributed by atoms with Gasteiger partial charge < -0.3 is 25.0 Å². The molecule has 5 rings (SSSR count). The third kappa shape index (κ3) is 5.58. The van der Waals surface area contributed by atoms with E-state index in [-0.39, 0.29) is 6.04 Å². The Kier molecular flexibility index (Phi) is 7.28. The number of hydrogen-bond acceptors (Lipinski definition) is 7. The van der Waals surface area contributed by atoms with Crippen molar-refractivity contribution in [2.75, 3.05) is 56.2 Å². The van der Waals surface area contributed by atoms with Gasteiger partial charge in [0.25, 0.3) is 0 Å². The number of aromatic nitrogens is 1. The third-order valence-corrected chi connectivity index (χ3v) is 6.41. The zero-order valence-electron chi connectivity index (χ0n) is 19.9. The minimum Gasteiger partial charge on any atom is -0.486 e. The molecule has 2 aromatic carbocycles. The van der Waals surface area contributed by atoms with Crippen molar-refractivity contribution in [3.05, 3.63) is 78.6 Å². The number of carbonyl (C=O) groups excluding carboxylic acids is 2. The van der Waals surface area contributed by atoms with Gasteiger partial charge in [-0.25, -0.2) is 0 Å². The van der Waals surface area contributed by atoms with E-state index in [0.29, 0.717) is 36.9 Å². The van der Waals surface area contributed by atoms with Gasteiger partial charge in [0.1, 0.15) is 13.2 Å². The second-order valence-corrected chi connectivity index (χ2v) is 8.68. The number of nitrogens with zero attached hydrogens (tertiary/aromatic N) is 3. The molecule has 9 nitrogen and oxygen atoms in total. The lowest BCUT2D eigenvalue weighted by Gasteiger charge is -2.40. The number of ether oxygens (including phenoxy) is 2. The highest BCUT2D eigenvalue weighted by Gasteiger charge is 2.27. The number of hydrogen-bond donors (Lipinski definition) is 2. The van der Waals surface area contributed by atoms with E-state index in [4.69, 9.17) is 9.47 Å². The van der Waals surface area contributed by atoms with Crippen molar-refractivity contribution in [1.82, 2.24) is 15.2 Å². The van der Waals surface area contributed by atoms with Crippen LogP contribution in [0.5, 0.6) is 11.5 Å². The van der Waals surface area contributed by atoms with Crippen LogP contribution in [0.25, 0.3) is 0 Å². The molecule has 1 fully saturated rings. The number of benzene rings is 2. The topological polar surface area (TPSA) is 96.0 Å². The second kappa shape index (κ2) is 11.1. The number of rotatable bonds is 6. The van der Waals surface area contributed by atoms with E-state index in [0.717, 1.165) is 31.7 Å². The van der Waals surface area contributed by atoms with Gasteiger partial charge in [0, 0.05) is 62.6 Å². The van der Waals surface area contributed by atoms with E-state index in [9.17, 15) is 9.59 Å². The summed E-state index contributed by atoms with van der Waals surface area (Å²) in [5.41, 5.74) is 2.68. The summed E-state index contributed by atoms with van der Waals surface area (Å²) in [6.45, 7) is 4.63. The van der Waals surface area contributed by atoms with Crippen LogP contribution in [0.4, 0.5) is 11.4 Å². The first-order chi connectivity index (χ1) is 17.7. The number of piperazine rings is 1. The van der Waals surface area contributed by atoms with Crippen LogP contribution in [0.1, 0.15) is 11.6 Å². The van der Waals surface area contributed by atoms with Gasteiger partial charge >= 0.3 is 11.8 Å². The molecule has 1 atom stereocenters. The predicted molar refractivity (Wildman–Crippen MR) is 136 cm³/mol. The highest BCUT2D eigenvalue weighted by Crippen LogP contribution is 2.32. The third-order valence-electron chi connectivity index (χ3n) is 6.41. The van der Waals surface area contributed by atoms with Crippen LogP contribution in [0, 0.1) is 0 Å². The van der Waals surface area contributed by atoms with Crippen LogP contribution in [0.3, 0.4) is 0 Å². The molecule has 3 aromatic rings. The molecule has 0 saturated carbocycles. The summed E-state index contributed by atoms with van der Waals surface area (Å²) >= 11 is 0. The average Bonchev–Trinajstić information content (AvgIpc) is 2.94. The van der Waals surface area contributed by atoms with E-state index >= 15 is 0 Å². The van der Waals surface area contributed by atoms with E-state index in [1.807, 2.05) is 36.5 Å². The average molecular weight is 488 g/mol. The molecular weight excluding hydrogens is 458 g/mol. The smallest absolute Gasteiger partial charge is 0.313 e. The molecule has 1 saturated heterocycles. The molecular formula is C27H29N5O4. The molecule has 9 heteroatoms. The minimum atomic E-state index is -0.731. The Labute approximate surface area is 210 Å². The SMILES string of the molecule is O=C(NC[C@H](c1cccnc1)N1CCN(c2ccccc2)CC1)C(=O)Nc1ccc2c(c1)OCCO2. The van der Waals surface area contributed by atoms with Crippen molar-refractivity contribution in [2.24, 2.45) is 0 Å². The number of carbonyl (C=O) groups is 2. The Morgan fingerprint density at radius 1 is 0.889 bits per heavy atom. The van der Waals surface area contributed by atoms with Gasteiger partial charge in [-0.1, -0.05) is 24.3 Å². The number of para-hydroxylation sites is 1. The summed E-state index contributed by atoms with van der Waals surface area (Å²) in [7, 11) is 0. The van der Waals surface area contributed by atoms with E-state index in [1.54, 1.807) is 24.4 Å². The van der Waals surface area contributed by atoms with Gasteiger partial charge in [-0.15, -0.1) is 0 Å². The molecule has 0 aliphatic carbocycles. The first-order valence-corrected chi connectivity index (χ1v) is 12.1. The van der Waals surface area contributed by atoms with Crippen molar-refractivity contribution in [3.63, 3.8) is 0 Å². The van der Waals surface area contributed by atoms with Gasteiger partial charge in [-0.05, 0) is 35.9 Å². The molecule has 0 bridgehead atoms. The van der Waals surface area contributed by atoms with Crippen molar-refractivity contribution in [3.8, 4) is 11.5 Å². The maximum absolute atomic E-state index is 12.7. The second-order valence-electron chi connectivity index (χ2n) is 8.68. The van der Waals surface area contributed by atoms with Crippen molar-refractivity contribution in [2.45, 2.75) is 6.04 Å². The predicted octanol–water partition coefficient (Wildman–Crippen LogP) is 2.47. The lowest BCUT2D eigenvalue weighted by Crippen LogP contribution is -2.50. The van der Waals surface area contributed by atoms with Gasteiger partial charge in [-0.3, -0.25) is 19.5 Å². The normalized spacial score (nSPS) is 16.2. The summed E-state index contributed by atoms with van der Waals surface area (Å²) in [4.78, 5) is 34.2. The van der Waals surface area contributed by atoms with Gasteiger partial charge in [0.15, 0.2) is 11.5 Å². The Hall–Kier alpha value is -4.11. The van der Waals surface area contributed by atoms with Crippen molar-refractivity contribution >= 4 is 23.2 Å². The Morgan fingerprint density at radius 2 is 1.67 bits per heavy atom. The quantitative estimate of drug-likeness (QED) is 0.516. The number of pyridine rings is 1. The fraction of sp³-hybridized carbons (Fsp3) is 0.296. The molecule has 2 N–H and O–H groups in total. The monoisotopic (exact) mass is 487 g/mol. The van der Waals surface area contributed by atoms with Crippen LogP contribution in [-0.2, 0) is 9.59 Å². The molecule has 1 aromatic heterocycles. The number of anilines is 2. The summed E-state index contributed by atoms with van der Waals surface area (Å²) in [5, 5.41) is 5.45. The molecule has 2 aliphatic heterocycles. The largest absolute Gasteiger partial charge is 0.486 e. The Balaban J connectivity index is 1.20. The minimum absolute atomic E-state index is 0.0948. The maximum atomic E-state index is 12.7. The maximum Gasteiger partial charge on any atom is 0.313 e. The van der Waals surface area contributed by atoms with Gasteiger partial charge in [-0.2, -0.15) is 0 Å². The first-order valence-electron chi connectivity index (χ1n) is 12.1. The zero-order valence-corrected chi connectivity index (χ0v) is 19.9. The van der Waals surface area contributed by atoms with Crippen LogP contribution < -0.4 is 25.0 Å². The van der Waals surface area contributed by atoms with E-state index in [2.05, 4.69) is 37.6 Å². The molecule has 2 aliphatic rings. The van der Waals surface area contributed by atoms with Crippen LogP contribution >= 0.6 is 0 Å². The Morgan fingerprint density at radius 3 is 2.42 bits per heavy atom. The summed E-state index contributed by atoms with van der Waals surface area (Å²) < 4.78 is 11.0. The first kappa shape index (κ1) is 23.6. The standard InChI is InChI=1S/C27H29N5O4/c33-26(27(34)30-21-8-9-24-25(17-21)36-16-15-35-24)29-19-23(20-5-4-10-28-18-20)32-13-11-31(12-14-32)22-6-2-1-3-7-22/h1-10,17-18,23H,11-16,19H2,(H,29,33)(H,30,34)/t23-/m1/s1. The molecule has 0 spiro atoms. The fourth-order valence-electron chi connectivity index (χ4n) is 4.54. The van der Waals surface area contributed by atoms with Crippen LogP contribution in [0.15, 0.2) is 73.1 Å². The van der Waals surface area contributed by atoms with Gasteiger partial charge in [0.05, 0.1) is 6.04 Å². The summed E-state index contributed by atoms with van der Waals surface area (Å²) in [6.07, 6.45) is 3.54. The van der Waals surface area contributed by atoms with E-state index < -0.39 is 11.8 Å². The highest BCUT2D eigenvalue weighted by atomic mass is 16.6. The van der Waals surface area contributed by atoms with Crippen LogP contribution in [0.2, 0.25) is 0 Å². The summed E-state index contributed by atoms with van der Waals surface area (Å²) in [6, 6.07) is 19.2. The Bertz CT molecular complexity index is 1180. The number of nitrogens with one attached hydrogen (secondary N) is 2. The summed E-state index contributed by atoms with van der Waals surface area (Å²) in [5.74, 6) is -0.256. The number of fused-ring (bicyclic) bond motifs is 1. The zero-order chi connectivity index (χ0) is 24.7. The van der Waals surface area contributed by atoms with Gasteiger partial charge in [0.2, 0.25) is 0 Å². The molecule has 186 valence electrons. The molecule has 2 amide bonds. The lowest BCUT2D eigenvalue weighted by molar-refractivity contribution is -0.136. The number of amides is 2. The lowest BCUT2D eigenvalue weighted by atomic mass is 10.1. The molecule has 0 unspecified atom stereocenters. The molecule has 3 heterocycles. The van der Waals surface area contributed by atoms with E-state index in [1.165, 1.54) is 5.69 Å². The molecule has 0 radical (unpaired) electrons. The molecule has 36 heavy (non-hydrogen) atoms. The van der Waals surface area contributed by atoms with Crippen molar-refractivity contribution < 1.29 is 19.1 Å². The van der Waals surface area contributed by atoms with Crippen molar-refractivity contribution in [1.29, 1.82) is 0 Å². The fourth-order valence-corrected chi connectivity index (χ4v) is 4.54. The highest BCUT2D eigenvalue weighted by molar-refractivity contribution is 6.39.